The van der Waals surface area contributed by atoms with Gasteiger partial charge in [0.2, 0.25) is 0 Å². The Morgan fingerprint density at radius 1 is 1.25 bits per heavy atom. The molecule has 0 radical (unpaired) electrons. The van der Waals surface area contributed by atoms with Crippen molar-refractivity contribution >= 4 is 17.9 Å². The van der Waals surface area contributed by atoms with Crippen LogP contribution in [0.2, 0.25) is 0 Å². The van der Waals surface area contributed by atoms with Crippen molar-refractivity contribution in [2.75, 3.05) is 11.4 Å². The van der Waals surface area contributed by atoms with Crippen molar-refractivity contribution in [1.29, 1.82) is 5.41 Å². The summed E-state index contributed by atoms with van der Waals surface area (Å²) in [6.45, 7) is 4.93. The third-order valence-corrected chi connectivity index (χ3v) is 2.93. The number of aliphatic imine (C=N–C) groups is 1. The van der Waals surface area contributed by atoms with E-state index in [4.69, 9.17) is 5.41 Å². The molecule has 2 rings (SSSR count). The van der Waals surface area contributed by atoms with Crippen molar-refractivity contribution in [3.8, 4) is 0 Å². The molecule has 1 N–H and O–H groups in total. The first-order valence-corrected chi connectivity index (χ1v) is 5.75. The van der Waals surface area contributed by atoms with Gasteiger partial charge in [-0.05, 0) is 24.0 Å². The number of para-hydroxylation sites is 1. The number of anilines is 1. The molecule has 1 aromatic carbocycles. The SMILES string of the molecule is CCc1cccc(CC)c1N1C=NC(=N)C1. The molecule has 0 amide bonds. The largest absolute Gasteiger partial charge is 0.324 e. The molecule has 0 spiro atoms. The van der Waals surface area contributed by atoms with Gasteiger partial charge >= 0.3 is 0 Å². The predicted octanol–water partition coefficient (Wildman–Crippen LogP) is 2.64. The molecule has 0 bridgehead atoms. The Morgan fingerprint density at radius 3 is 2.31 bits per heavy atom. The van der Waals surface area contributed by atoms with Gasteiger partial charge in [-0.1, -0.05) is 32.0 Å². The minimum atomic E-state index is 0.438. The van der Waals surface area contributed by atoms with E-state index in [2.05, 4.69) is 41.9 Å². The highest BCUT2D eigenvalue weighted by Crippen LogP contribution is 2.27. The van der Waals surface area contributed by atoms with Crippen LogP contribution >= 0.6 is 0 Å². The Hall–Kier alpha value is -1.64. The minimum absolute atomic E-state index is 0.438. The first kappa shape index (κ1) is 10.9. The number of aryl methyl sites for hydroxylation is 2. The van der Waals surface area contributed by atoms with Crippen molar-refractivity contribution < 1.29 is 0 Å². The summed E-state index contributed by atoms with van der Waals surface area (Å²) in [7, 11) is 0. The molecule has 1 heterocycles. The van der Waals surface area contributed by atoms with Gasteiger partial charge in [-0.2, -0.15) is 0 Å². The van der Waals surface area contributed by atoms with E-state index in [1.165, 1.54) is 16.8 Å². The second-order valence-corrected chi connectivity index (χ2v) is 3.95. The lowest BCUT2D eigenvalue weighted by Gasteiger charge is -2.21. The van der Waals surface area contributed by atoms with Crippen LogP contribution in [0, 0.1) is 5.41 Å². The quantitative estimate of drug-likeness (QED) is 0.827. The van der Waals surface area contributed by atoms with Gasteiger partial charge < -0.3 is 4.90 Å². The molecule has 1 aliphatic rings. The van der Waals surface area contributed by atoms with Crippen LogP contribution in [0.4, 0.5) is 5.69 Å². The van der Waals surface area contributed by atoms with Gasteiger partial charge in [0.25, 0.3) is 0 Å². The van der Waals surface area contributed by atoms with Crippen LogP contribution in [0.1, 0.15) is 25.0 Å². The fourth-order valence-corrected chi connectivity index (χ4v) is 2.10. The minimum Gasteiger partial charge on any atom is -0.324 e. The summed E-state index contributed by atoms with van der Waals surface area (Å²) >= 11 is 0. The fraction of sp³-hybridized carbons (Fsp3) is 0.385. The maximum Gasteiger partial charge on any atom is 0.142 e. The summed E-state index contributed by atoms with van der Waals surface area (Å²) in [5.74, 6) is 0.438. The zero-order valence-electron chi connectivity index (χ0n) is 9.83. The molecule has 0 atom stereocenters. The Bertz CT molecular complexity index is 413. The summed E-state index contributed by atoms with van der Waals surface area (Å²) in [5.41, 5.74) is 3.92. The highest BCUT2D eigenvalue weighted by atomic mass is 15.2. The number of hydrogen-bond donors (Lipinski definition) is 1. The number of nitrogens with zero attached hydrogens (tertiary/aromatic N) is 2. The standard InChI is InChI=1S/C13H17N3/c1-3-10-6-5-7-11(4-2)13(10)16-8-12(14)15-9-16/h5-7,9,14H,3-4,8H2,1-2H3. The Kier molecular flexibility index (Phi) is 3.04. The summed E-state index contributed by atoms with van der Waals surface area (Å²) in [5, 5.41) is 7.54. The second kappa shape index (κ2) is 4.47. The number of amidine groups is 1. The highest BCUT2D eigenvalue weighted by Gasteiger charge is 2.17. The van der Waals surface area contributed by atoms with E-state index in [0.29, 0.717) is 12.4 Å². The molecule has 0 saturated carbocycles. The molecular weight excluding hydrogens is 198 g/mol. The first-order chi connectivity index (χ1) is 7.76. The number of rotatable bonds is 3. The van der Waals surface area contributed by atoms with Gasteiger partial charge in [-0.3, -0.25) is 5.41 Å². The predicted molar refractivity (Wildman–Crippen MR) is 68.8 cm³/mol. The molecular formula is C13H17N3. The van der Waals surface area contributed by atoms with Gasteiger partial charge in [0.1, 0.15) is 5.84 Å². The van der Waals surface area contributed by atoms with Crippen molar-refractivity contribution in [1.82, 2.24) is 0 Å². The third-order valence-electron chi connectivity index (χ3n) is 2.93. The van der Waals surface area contributed by atoms with Gasteiger partial charge in [-0.25, -0.2) is 4.99 Å². The van der Waals surface area contributed by atoms with Crippen molar-refractivity contribution in [2.45, 2.75) is 26.7 Å². The van der Waals surface area contributed by atoms with E-state index in [1.54, 1.807) is 6.34 Å². The molecule has 16 heavy (non-hydrogen) atoms. The van der Waals surface area contributed by atoms with E-state index in [-0.39, 0.29) is 0 Å². The third kappa shape index (κ3) is 1.85. The van der Waals surface area contributed by atoms with Crippen LogP contribution in [0.25, 0.3) is 0 Å². The van der Waals surface area contributed by atoms with Gasteiger partial charge in [-0.15, -0.1) is 0 Å². The van der Waals surface area contributed by atoms with E-state index in [0.717, 1.165) is 12.8 Å². The smallest absolute Gasteiger partial charge is 0.142 e. The second-order valence-electron chi connectivity index (χ2n) is 3.95. The lowest BCUT2D eigenvalue weighted by molar-refractivity contribution is 1.05. The molecule has 3 nitrogen and oxygen atoms in total. The maximum absolute atomic E-state index is 7.54. The van der Waals surface area contributed by atoms with Gasteiger partial charge in [0, 0.05) is 5.69 Å². The maximum atomic E-state index is 7.54. The molecule has 0 unspecified atom stereocenters. The van der Waals surface area contributed by atoms with Gasteiger partial charge in [0.05, 0.1) is 12.9 Å². The Balaban J connectivity index is 2.44. The molecule has 3 heteroatoms. The first-order valence-electron chi connectivity index (χ1n) is 5.75. The average molecular weight is 215 g/mol. The van der Waals surface area contributed by atoms with Crippen LogP contribution in [0.5, 0.6) is 0 Å². The molecule has 0 aromatic heterocycles. The monoisotopic (exact) mass is 215 g/mol. The lowest BCUT2D eigenvalue weighted by Crippen LogP contribution is -2.22. The van der Waals surface area contributed by atoms with Crippen molar-refractivity contribution in [2.24, 2.45) is 4.99 Å². The Labute approximate surface area is 96.3 Å². The molecule has 1 aliphatic heterocycles. The number of benzene rings is 1. The topological polar surface area (TPSA) is 39.5 Å². The van der Waals surface area contributed by atoms with E-state index in [1.807, 2.05) is 0 Å². The Morgan fingerprint density at radius 2 is 1.88 bits per heavy atom. The van der Waals surface area contributed by atoms with E-state index >= 15 is 0 Å². The van der Waals surface area contributed by atoms with E-state index < -0.39 is 0 Å². The molecule has 84 valence electrons. The van der Waals surface area contributed by atoms with Crippen LogP contribution in [-0.2, 0) is 12.8 Å². The summed E-state index contributed by atoms with van der Waals surface area (Å²) in [6.07, 6.45) is 3.80. The highest BCUT2D eigenvalue weighted by molar-refractivity contribution is 6.04. The normalized spacial score (nSPS) is 14.9. The van der Waals surface area contributed by atoms with E-state index in [9.17, 15) is 0 Å². The van der Waals surface area contributed by atoms with Gasteiger partial charge in [0.15, 0.2) is 0 Å². The van der Waals surface area contributed by atoms with Crippen LogP contribution in [0.15, 0.2) is 23.2 Å². The number of hydrogen-bond acceptors (Lipinski definition) is 2. The van der Waals surface area contributed by atoms with Crippen molar-refractivity contribution in [3.63, 3.8) is 0 Å². The average Bonchev–Trinajstić information content (AvgIpc) is 2.74. The zero-order chi connectivity index (χ0) is 11.5. The van der Waals surface area contributed by atoms with Crippen LogP contribution in [-0.4, -0.2) is 18.7 Å². The molecule has 0 saturated heterocycles. The fourth-order valence-electron chi connectivity index (χ4n) is 2.10. The molecule has 0 fully saturated rings. The lowest BCUT2D eigenvalue weighted by atomic mass is 10.0. The van der Waals surface area contributed by atoms with Crippen LogP contribution < -0.4 is 4.90 Å². The zero-order valence-corrected chi connectivity index (χ0v) is 9.83. The molecule has 1 aromatic rings. The summed E-state index contributed by atoms with van der Waals surface area (Å²) in [6, 6.07) is 6.42. The number of nitrogens with one attached hydrogen (secondary N) is 1. The van der Waals surface area contributed by atoms with Crippen molar-refractivity contribution in [3.05, 3.63) is 29.3 Å². The molecule has 0 aliphatic carbocycles. The summed E-state index contributed by atoms with van der Waals surface area (Å²) in [4.78, 5) is 6.11. The van der Waals surface area contributed by atoms with Crippen LogP contribution in [0.3, 0.4) is 0 Å². The summed E-state index contributed by atoms with van der Waals surface area (Å²) < 4.78 is 0.